The normalized spacial score (nSPS) is 23.5. The van der Waals surface area contributed by atoms with Crippen LogP contribution in [0.3, 0.4) is 0 Å². The summed E-state index contributed by atoms with van der Waals surface area (Å²) >= 11 is 0. The van der Waals surface area contributed by atoms with E-state index in [4.69, 9.17) is 10.5 Å². The summed E-state index contributed by atoms with van der Waals surface area (Å²) in [5.41, 5.74) is 8.01. The zero-order valence-electron chi connectivity index (χ0n) is 13.9. The summed E-state index contributed by atoms with van der Waals surface area (Å²) in [6, 6.07) is 6.66. The molecule has 1 saturated heterocycles. The van der Waals surface area contributed by atoms with Gasteiger partial charge in [0.05, 0.1) is 11.8 Å². The van der Waals surface area contributed by atoms with Crippen molar-refractivity contribution >= 4 is 23.2 Å². The lowest BCUT2D eigenvalue weighted by Gasteiger charge is -2.22. The van der Waals surface area contributed by atoms with Gasteiger partial charge in [-0.25, -0.2) is 0 Å². The SMILES string of the molecule is CO[C@H]1C[C@@H](C(N)=O)N(C(=O)c2ccc(N3CCC(C)=N3)cc2)C1. The molecular weight excluding hydrogens is 308 g/mol. The molecule has 2 atom stereocenters. The molecule has 2 N–H and O–H groups in total. The molecule has 2 aliphatic heterocycles. The third kappa shape index (κ3) is 3.12. The van der Waals surface area contributed by atoms with E-state index < -0.39 is 11.9 Å². The first-order chi connectivity index (χ1) is 11.5. The maximum atomic E-state index is 12.7. The smallest absolute Gasteiger partial charge is 0.254 e. The highest BCUT2D eigenvalue weighted by Gasteiger charge is 2.39. The summed E-state index contributed by atoms with van der Waals surface area (Å²) < 4.78 is 5.28. The number of amides is 2. The number of ether oxygens (including phenoxy) is 1. The van der Waals surface area contributed by atoms with Crippen LogP contribution in [0.5, 0.6) is 0 Å². The first-order valence-corrected chi connectivity index (χ1v) is 8.04. The van der Waals surface area contributed by atoms with Crippen LogP contribution in [0.25, 0.3) is 0 Å². The first kappa shape index (κ1) is 16.4. The van der Waals surface area contributed by atoms with E-state index in [0.717, 1.165) is 24.4 Å². The molecule has 0 saturated carbocycles. The second-order valence-electron chi connectivity index (χ2n) is 6.22. The number of hydrazone groups is 1. The van der Waals surface area contributed by atoms with Crippen LogP contribution in [-0.2, 0) is 9.53 Å². The molecule has 0 unspecified atom stereocenters. The number of nitrogens with zero attached hydrogens (tertiary/aromatic N) is 3. The summed E-state index contributed by atoms with van der Waals surface area (Å²) in [6.07, 6.45) is 1.23. The van der Waals surface area contributed by atoms with Crippen LogP contribution >= 0.6 is 0 Å². The number of carbonyl (C=O) groups is 2. The van der Waals surface area contributed by atoms with E-state index in [2.05, 4.69) is 5.10 Å². The number of hydrogen-bond donors (Lipinski definition) is 1. The number of methoxy groups -OCH3 is 1. The average molecular weight is 330 g/mol. The molecule has 1 fully saturated rings. The summed E-state index contributed by atoms with van der Waals surface area (Å²) in [5.74, 6) is -0.701. The van der Waals surface area contributed by atoms with E-state index in [1.165, 1.54) is 4.90 Å². The van der Waals surface area contributed by atoms with Gasteiger partial charge < -0.3 is 15.4 Å². The molecule has 1 aromatic carbocycles. The van der Waals surface area contributed by atoms with Crippen molar-refractivity contribution in [1.82, 2.24) is 4.90 Å². The highest BCUT2D eigenvalue weighted by atomic mass is 16.5. The van der Waals surface area contributed by atoms with Crippen LogP contribution in [0.1, 0.15) is 30.1 Å². The lowest BCUT2D eigenvalue weighted by atomic mass is 10.1. The number of nitrogens with two attached hydrogens (primary N) is 1. The maximum Gasteiger partial charge on any atom is 0.254 e. The average Bonchev–Trinajstić information content (AvgIpc) is 3.20. The molecule has 128 valence electrons. The minimum absolute atomic E-state index is 0.160. The second-order valence-corrected chi connectivity index (χ2v) is 6.22. The number of primary amides is 1. The summed E-state index contributed by atoms with van der Waals surface area (Å²) in [7, 11) is 1.57. The summed E-state index contributed by atoms with van der Waals surface area (Å²) in [6.45, 7) is 3.23. The van der Waals surface area contributed by atoms with Gasteiger partial charge in [-0.15, -0.1) is 0 Å². The number of hydrogen-bond acceptors (Lipinski definition) is 5. The monoisotopic (exact) mass is 330 g/mol. The van der Waals surface area contributed by atoms with Gasteiger partial charge in [0, 0.05) is 44.3 Å². The quantitative estimate of drug-likeness (QED) is 0.891. The number of likely N-dealkylation sites (tertiary alicyclic amines) is 1. The van der Waals surface area contributed by atoms with Crippen LogP contribution in [0.4, 0.5) is 5.69 Å². The van der Waals surface area contributed by atoms with E-state index in [9.17, 15) is 9.59 Å². The van der Waals surface area contributed by atoms with Crippen LogP contribution in [0.15, 0.2) is 29.4 Å². The molecule has 2 heterocycles. The molecule has 0 aliphatic carbocycles. The largest absolute Gasteiger partial charge is 0.380 e. The molecule has 7 nitrogen and oxygen atoms in total. The molecule has 0 radical (unpaired) electrons. The standard InChI is InChI=1S/C17H22N4O3/c1-11-7-8-21(19-11)13-5-3-12(4-6-13)17(23)20-10-14(24-2)9-15(20)16(18)22/h3-6,14-15H,7-10H2,1-2H3,(H2,18,22)/t14-,15-/m0/s1. The topological polar surface area (TPSA) is 88.2 Å². The van der Waals surface area contributed by atoms with Gasteiger partial charge in [0.25, 0.3) is 5.91 Å². The van der Waals surface area contributed by atoms with Crippen molar-refractivity contribution in [3.8, 4) is 0 Å². The van der Waals surface area contributed by atoms with Crippen molar-refractivity contribution in [3.05, 3.63) is 29.8 Å². The zero-order chi connectivity index (χ0) is 17.3. The Morgan fingerprint density at radius 2 is 2.00 bits per heavy atom. The van der Waals surface area contributed by atoms with E-state index in [0.29, 0.717) is 18.5 Å². The Bertz CT molecular complexity index is 671. The van der Waals surface area contributed by atoms with E-state index in [1.54, 1.807) is 19.2 Å². The molecule has 24 heavy (non-hydrogen) atoms. The molecule has 1 aromatic rings. The Balaban J connectivity index is 1.76. The lowest BCUT2D eigenvalue weighted by molar-refractivity contribution is -0.121. The van der Waals surface area contributed by atoms with E-state index in [1.807, 2.05) is 24.1 Å². The van der Waals surface area contributed by atoms with Crippen molar-refractivity contribution in [1.29, 1.82) is 0 Å². The summed E-state index contributed by atoms with van der Waals surface area (Å²) in [5, 5.41) is 6.37. The molecule has 7 heteroatoms. The number of anilines is 1. The van der Waals surface area contributed by atoms with Crippen molar-refractivity contribution in [2.24, 2.45) is 10.8 Å². The maximum absolute atomic E-state index is 12.7. The van der Waals surface area contributed by atoms with E-state index >= 15 is 0 Å². The molecule has 3 rings (SSSR count). The van der Waals surface area contributed by atoms with Gasteiger partial charge in [-0.3, -0.25) is 14.6 Å². The van der Waals surface area contributed by atoms with Gasteiger partial charge in [-0.2, -0.15) is 5.10 Å². The minimum Gasteiger partial charge on any atom is -0.380 e. The van der Waals surface area contributed by atoms with Gasteiger partial charge in [-0.1, -0.05) is 0 Å². The number of carbonyl (C=O) groups excluding carboxylic acids is 2. The fraction of sp³-hybridized carbons (Fsp3) is 0.471. The molecule has 0 bridgehead atoms. The Hall–Kier alpha value is -2.41. The van der Waals surface area contributed by atoms with Crippen LogP contribution < -0.4 is 10.7 Å². The van der Waals surface area contributed by atoms with Gasteiger partial charge in [0.15, 0.2) is 0 Å². The van der Waals surface area contributed by atoms with Gasteiger partial charge in [0.1, 0.15) is 6.04 Å². The zero-order valence-corrected chi connectivity index (χ0v) is 13.9. The predicted molar refractivity (Wildman–Crippen MR) is 90.9 cm³/mol. The fourth-order valence-electron chi connectivity index (χ4n) is 3.16. The third-order valence-electron chi connectivity index (χ3n) is 4.57. The second kappa shape index (κ2) is 6.60. The van der Waals surface area contributed by atoms with Crippen molar-refractivity contribution in [2.45, 2.75) is 31.9 Å². The Labute approximate surface area is 141 Å². The third-order valence-corrected chi connectivity index (χ3v) is 4.57. The van der Waals surface area contributed by atoms with Crippen molar-refractivity contribution < 1.29 is 14.3 Å². The molecular formula is C17H22N4O3. The first-order valence-electron chi connectivity index (χ1n) is 8.04. The van der Waals surface area contributed by atoms with E-state index in [-0.39, 0.29) is 12.0 Å². The highest BCUT2D eigenvalue weighted by molar-refractivity contribution is 5.98. The number of benzene rings is 1. The van der Waals surface area contributed by atoms with Gasteiger partial charge in [0.2, 0.25) is 5.91 Å². The number of rotatable bonds is 4. The molecule has 2 aliphatic rings. The van der Waals surface area contributed by atoms with Crippen molar-refractivity contribution in [3.63, 3.8) is 0 Å². The van der Waals surface area contributed by atoms with Crippen LogP contribution in [-0.4, -0.2) is 54.8 Å². The minimum atomic E-state index is -0.618. The van der Waals surface area contributed by atoms with Crippen molar-refractivity contribution in [2.75, 3.05) is 25.2 Å². The van der Waals surface area contributed by atoms with Crippen LogP contribution in [0, 0.1) is 0 Å². The Kier molecular flexibility index (Phi) is 4.53. The molecule has 0 spiro atoms. The van der Waals surface area contributed by atoms with Crippen LogP contribution in [0.2, 0.25) is 0 Å². The fourth-order valence-corrected chi connectivity index (χ4v) is 3.16. The van der Waals surface area contributed by atoms with Gasteiger partial charge >= 0.3 is 0 Å². The molecule has 0 aromatic heterocycles. The van der Waals surface area contributed by atoms with Gasteiger partial charge in [-0.05, 0) is 31.2 Å². The summed E-state index contributed by atoms with van der Waals surface area (Å²) in [4.78, 5) is 25.9. The highest BCUT2D eigenvalue weighted by Crippen LogP contribution is 2.24. The lowest BCUT2D eigenvalue weighted by Crippen LogP contribution is -2.43. The molecule has 2 amide bonds. The predicted octanol–water partition coefficient (Wildman–Crippen LogP) is 0.987. The Morgan fingerprint density at radius 3 is 2.54 bits per heavy atom. The Morgan fingerprint density at radius 1 is 1.29 bits per heavy atom.